The SMILES string of the molecule is CC1(C)CSCC(Nc2cc(Cl)ccc2[N+](=O)[O-])C1. The fourth-order valence-electron chi connectivity index (χ4n) is 2.36. The summed E-state index contributed by atoms with van der Waals surface area (Å²) in [5.74, 6) is 2.09. The summed E-state index contributed by atoms with van der Waals surface area (Å²) in [4.78, 5) is 10.6. The van der Waals surface area contributed by atoms with Crippen LogP contribution in [-0.2, 0) is 0 Å². The molecule has 1 aromatic carbocycles. The predicted molar refractivity (Wildman–Crippen MR) is 81.2 cm³/mol. The maximum atomic E-state index is 11.0. The van der Waals surface area contributed by atoms with Crippen molar-refractivity contribution in [3.63, 3.8) is 0 Å². The molecule has 1 unspecified atom stereocenters. The van der Waals surface area contributed by atoms with Crippen LogP contribution in [0.4, 0.5) is 11.4 Å². The second-order valence-corrected chi connectivity index (χ2v) is 7.11. The number of nitro benzene ring substituents is 1. The Labute approximate surface area is 122 Å². The van der Waals surface area contributed by atoms with E-state index in [2.05, 4.69) is 19.2 Å². The Morgan fingerprint density at radius 2 is 2.26 bits per heavy atom. The van der Waals surface area contributed by atoms with Gasteiger partial charge in [0.15, 0.2) is 0 Å². The van der Waals surface area contributed by atoms with Crippen LogP contribution < -0.4 is 5.32 Å². The first kappa shape index (κ1) is 14.5. The van der Waals surface area contributed by atoms with Gasteiger partial charge >= 0.3 is 0 Å². The van der Waals surface area contributed by atoms with E-state index in [9.17, 15) is 10.1 Å². The molecule has 1 atom stereocenters. The summed E-state index contributed by atoms with van der Waals surface area (Å²) in [5.41, 5.74) is 0.854. The molecule has 4 nitrogen and oxygen atoms in total. The number of rotatable bonds is 3. The lowest BCUT2D eigenvalue weighted by atomic mass is 9.87. The van der Waals surface area contributed by atoms with Gasteiger partial charge in [-0.25, -0.2) is 0 Å². The number of nitro groups is 1. The van der Waals surface area contributed by atoms with Crippen molar-refractivity contribution >= 4 is 34.7 Å². The Kier molecular flexibility index (Phi) is 4.26. The van der Waals surface area contributed by atoms with E-state index in [0.717, 1.165) is 17.9 Å². The van der Waals surface area contributed by atoms with Gasteiger partial charge in [-0.05, 0) is 29.7 Å². The summed E-state index contributed by atoms with van der Waals surface area (Å²) < 4.78 is 0. The maximum Gasteiger partial charge on any atom is 0.292 e. The van der Waals surface area contributed by atoms with Gasteiger partial charge in [0, 0.05) is 22.9 Å². The van der Waals surface area contributed by atoms with Gasteiger partial charge in [0.05, 0.1) is 4.92 Å². The van der Waals surface area contributed by atoms with Crippen molar-refractivity contribution in [3.05, 3.63) is 33.3 Å². The lowest BCUT2D eigenvalue weighted by Gasteiger charge is -2.35. The van der Waals surface area contributed by atoms with E-state index in [1.165, 1.54) is 6.07 Å². The zero-order valence-corrected chi connectivity index (χ0v) is 12.6. The topological polar surface area (TPSA) is 55.2 Å². The van der Waals surface area contributed by atoms with Gasteiger partial charge < -0.3 is 5.32 Å². The Balaban J connectivity index is 2.18. The molecule has 0 bridgehead atoms. The van der Waals surface area contributed by atoms with E-state index in [4.69, 9.17) is 11.6 Å². The van der Waals surface area contributed by atoms with Crippen molar-refractivity contribution < 1.29 is 4.92 Å². The minimum absolute atomic E-state index is 0.0813. The highest BCUT2D eigenvalue weighted by atomic mass is 35.5. The number of hydrogen-bond donors (Lipinski definition) is 1. The zero-order chi connectivity index (χ0) is 14.0. The molecular formula is C13H17ClN2O2S. The first-order valence-electron chi connectivity index (χ1n) is 6.16. The fraction of sp³-hybridized carbons (Fsp3) is 0.538. The van der Waals surface area contributed by atoms with Crippen LogP contribution in [0.15, 0.2) is 18.2 Å². The minimum atomic E-state index is -0.375. The van der Waals surface area contributed by atoms with Gasteiger partial charge in [0.25, 0.3) is 5.69 Å². The molecule has 1 aliphatic heterocycles. The summed E-state index contributed by atoms with van der Waals surface area (Å²) in [6.07, 6.45) is 1.00. The van der Waals surface area contributed by atoms with E-state index in [1.54, 1.807) is 12.1 Å². The van der Waals surface area contributed by atoms with Gasteiger partial charge in [-0.3, -0.25) is 10.1 Å². The molecule has 2 rings (SSSR count). The minimum Gasteiger partial charge on any atom is -0.376 e. The van der Waals surface area contributed by atoms with E-state index < -0.39 is 0 Å². The second kappa shape index (κ2) is 5.59. The van der Waals surface area contributed by atoms with Crippen LogP contribution in [0.3, 0.4) is 0 Å². The number of hydrogen-bond acceptors (Lipinski definition) is 4. The van der Waals surface area contributed by atoms with Crippen LogP contribution in [0, 0.1) is 15.5 Å². The first-order valence-corrected chi connectivity index (χ1v) is 7.69. The Morgan fingerprint density at radius 1 is 1.53 bits per heavy atom. The molecule has 1 fully saturated rings. The van der Waals surface area contributed by atoms with Gasteiger partial charge in [-0.2, -0.15) is 11.8 Å². The fourth-order valence-corrected chi connectivity index (χ4v) is 3.80. The lowest BCUT2D eigenvalue weighted by Crippen LogP contribution is -2.35. The largest absolute Gasteiger partial charge is 0.376 e. The summed E-state index contributed by atoms with van der Waals surface area (Å²) in [6, 6.07) is 4.87. The number of halogens is 1. The van der Waals surface area contributed by atoms with Gasteiger partial charge in [-0.15, -0.1) is 0 Å². The van der Waals surface area contributed by atoms with Crippen molar-refractivity contribution in [3.8, 4) is 0 Å². The number of nitrogens with one attached hydrogen (secondary N) is 1. The van der Waals surface area contributed by atoms with E-state index in [0.29, 0.717) is 10.7 Å². The Hall–Kier alpha value is -0.940. The van der Waals surface area contributed by atoms with Crippen molar-refractivity contribution in [1.29, 1.82) is 0 Å². The van der Waals surface area contributed by atoms with E-state index in [-0.39, 0.29) is 22.1 Å². The van der Waals surface area contributed by atoms with Crippen molar-refractivity contribution in [2.24, 2.45) is 5.41 Å². The quantitative estimate of drug-likeness (QED) is 0.671. The molecule has 19 heavy (non-hydrogen) atoms. The third kappa shape index (κ3) is 3.76. The van der Waals surface area contributed by atoms with Gasteiger partial charge in [0.2, 0.25) is 0 Å². The summed E-state index contributed by atoms with van der Waals surface area (Å²) >= 11 is 7.81. The van der Waals surface area contributed by atoms with Crippen LogP contribution in [-0.4, -0.2) is 22.5 Å². The summed E-state index contributed by atoms with van der Waals surface area (Å²) in [6.45, 7) is 4.44. The van der Waals surface area contributed by atoms with Gasteiger partial charge in [-0.1, -0.05) is 25.4 Å². The third-order valence-electron chi connectivity index (χ3n) is 3.13. The number of anilines is 1. The highest BCUT2D eigenvalue weighted by molar-refractivity contribution is 7.99. The number of benzene rings is 1. The Morgan fingerprint density at radius 3 is 2.89 bits per heavy atom. The summed E-state index contributed by atoms with van der Waals surface area (Å²) in [5, 5.41) is 14.8. The van der Waals surface area contributed by atoms with Crippen LogP contribution in [0.5, 0.6) is 0 Å². The zero-order valence-electron chi connectivity index (χ0n) is 11.0. The number of nitrogens with zero attached hydrogens (tertiary/aromatic N) is 1. The molecule has 0 aliphatic carbocycles. The third-order valence-corrected chi connectivity index (χ3v) is 4.98. The summed E-state index contributed by atoms with van der Waals surface area (Å²) in [7, 11) is 0. The average Bonchev–Trinajstić information content (AvgIpc) is 2.27. The molecular weight excluding hydrogens is 284 g/mol. The van der Waals surface area contributed by atoms with E-state index in [1.807, 2.05) is 11.8 Å². The molecule has 0 spiro atoms. The lowest BCUT2D eigenvalue weighted by molar-refractivity contribution is -0.384. The molecule has 1 aromatic rings. The molecule has 1 saturated heterocycles. The molecule has 0 saturated carbocycles. The van der Waals surface area contributed by atoms with Crippen molar-refractivity contribution in [2.75, 3.05) is 16.8 Å². The molecule has 0 amide bonds. The molecule has 1 heterocycles. The monoisotopic (exact) mass is 300 g/mol. The molecule has 0 aromatic heterocycles. The molecule has 6 heteroatoms. The van der Waals surface area contributed by atoms with Crippen LogP contribution in [0.2, 0.25) is 5.02 Å². The standard InChI is InChI=1S/C13H17ClN2O2S/c1-13(2)6-10(7-19-8-13)15-11-5-9(14)3-4-12(11)16(17)18/h3-5,10,15H,6-8H2,1-2H3. The predicted octanol–water partition coefficient (Wildman–Crippen LogP) is 4.19. The highest BCUT2D eigenvalue weighted by Crippen LogP contribution is 2.36. The van der Waals surface area contributed by atoms with Crippen LogP contribution in [0.25, 0.3) is 0 Å². The molecule has 104 valence electrons. The van der Waals surface area contributed by atoms with E-state index >= 15 is 0 Å². The van der Waals surface area contributed by atoms with Gasteiger partial charge in [0.1, 0.15) is 5.69 Å². The maximum absolute atomic E-state index is 11.0. The first-order chi connectivity index (χ1) is 8.87. The second-order valence-electron chi connectivity index (χ2n) is 5.64. The molecule has 1 N–H and O–H groups in total. The van der Waals surface area contributed by atoms with Crippen LogP contribution >= 0.6 is 23.4 Å². The van der Waals surface area contributed by atoms with Crippen molar-refractivity contribution in [2.45, 2.75) is 26.3 Å². The molecule has 1 aliphatic rings. The number of thioether (sulfide) groups is 1. The Bertz CT molecular complexity index is 494. The average molecular weight is 301 g/mol. The van der Waals surface area contributed by atoms with Crippen molar-refractivity contribution in [1.82, 2.24) is 0 Å². The van der Waals surface area contributed by atoms with Crippen LogP contribution in [0.1, 0.15) is 20.3 Å². The molecule has 0 radical (unpaired) electrons. The highest BCUT2D eigenvalue weighted by Gasteiger charge is 2.29. The normalized spacial score (nSPS) is 21.9. The smallest absolute Gasteiger partial charge is 0.292 e.